The first-order valence-electron chi connectivity index (χ1n) is 7.27. The SMILES string of the molecule is CC1(C)CC1CNC(=O)c1sc(NC2CCC2)nc1N. The molecule has 1 atom stereocenters. The normalized spacial score (nSPS) is 24.0. The number of aromatic nitrogens is 1. The highest BCUT2D eigenvalue weighted by Crippen LogP contribution is 2.51. The number of carbonyl (C=O) groups is 1. The first-order valence-corrected chi connectivity index (χ1v) is 8.08. The van der Waals surface area contributed by atoms with E-state index in [0.29, 0.717) is 28.1 Å². The van der Waals surface area contributed by atoms with Gasteiger partial charge in [0.2, 0.25) is 0 Å². The van der Waals surface area contributed by atoms with Crippen LogP contribution in [0.2, 0.25) is 0 Å². The molecular formula is C14H22N4OS. The topological polar surface area (TPSA) is 80.0 Å². The standard InChI is InChI=1S/C14H22N4OS/c1-14(2)6-8(14)7-16-12(19)10-11(15)18-13(20-10)17-9-4-3-5-9/h8-9H,3-7,15H2,1-2H3,(H,16,19)(H,17,18). The molecule has 20 heavy (non-hydrogen) atoms. The number of amides is 1. The highest BCUT2D eigenvalue weighted by atomic mass is 32.1. The number of nitrogens with two attached hydrogens (primary N) is 1. The molecule has 2 aliphatic rings. The predicted molar refractivity (Wildman–Crippen MR) is 82.0 cm³/mol. The van der Waals surface area contributed by atoms with Crippen LogP contribution >= 0.6 is 11.3 Å². The fourth-order valence-electron chi connectivity index (χ4n) is 2.50. The Bertz CT molecular complexity index is 521. The van der Waals surface area contributed by atoms with Crippen molar-refractivity contribution in [3.8, 4) is 0 Å². The Morgan fingerprint density at radius 2 is 2.20 bits per heavy atom. The van der Waals surface area contributed by atoms with Crippen molar-refractivity contribution in [3.05, 3.63) is 4.88 Å². The fraction of sp³-hybridized carbons (Fsp3) is 0.714. The molecule has 1 heterocycles. The van der Waals surface area contributed by atoms with Crippen LogP contribution in [0.4, 0.5) is 10.9 Å². The van der Waals surface area contributed by atoms with Gasteiger partial charge in [-0.1, -0.05) is 25.2 Å². The summed E-state index contributed by atoms with van der Waals surface area (Å²) in [4.78, 5) is 16.9. The second-order valence-corrected chi connectivity index (χ2v) is 7.60. The molecule has 1 aromatic rings. The van der Waals surface area contributed by atoms with Gasteiger partial charge in [-0.25, -0.2) is 4.98 Å². The van der Waals surface area contributed by atoms with Crippen LogP contribution in [0.15, 0.2) is 0 Å². The fourth-order valence-corrected chi connectivity index (χ4v) is 3.38. The van der Waals surface area contributed by atoms with Gasteiger partial charge in [-0.05, 0) is 37.0 Å². The van der Waals surface area contributed by atoms with Gasteiger partial charge in [0.05, 0.1) is 0 Å². The van der Waals surface area contributed by atoms with Gasteiger partial charge in [0.25, 0.3) is 5.91 Å². The van der Waals surface area contributed by atoms with Crippen LogP contribution in [0, 0.1) is 11.3 Å². The Hall–Kier alpha value is -1.30. The predicted octanol–water partition coefficient (Wildman–Crippen LogP) is 2.47. The van der Waals surface area contributed by atoms with Crippen molar-refractivity contribution in [2.75, 3.05) is 17.6 Å². The molecule has 1 amide bonds. The van der Waals surface area contributed by atoms with E-state index in [1.807, 2.05) is 0 Å². The van der Waals surface area contributed by atoms with Crippen LogP contribution in [0.3, 0.4) is 0 Å². The summed E-state index contributed by atoms with van der Waals surface area (Å²) >= 11 is 1.36. The molecule has 0 radical (unpaired) electrons. The van der Waals surface area contributed by atoms with E-state index in [-0.39, 0.29) is 5.91 Å². The maximum absolute atomic E-state index is 12.1. The summed E-state index contributed by atoms with van der Waals surface area (Å²) in [5, 5.41) is 7.08. The van der Waals surface area contributed by atoms with Crippen molar-refractivity contribution >= 4 is 28.2 Å². The van der Waals surface area contributed by atoms with Gasteiger partial charge in [0.15, 0.2) is 5.13 Å². The molecule has 2 aliphatic carbocycles. The third kappa shape index (κ3) is 2.75. The highest BCUT2D eigenvalue weighted by Gasteiger charge is 2.45. The first-order chi connectivity index (χ1) is 9.45. The zero-order valence-electron chi connectivity index (χ0n) is 12.0. The summed E-state index contributed by atoms with van der Waals surface area (Å²) in [6.07, 6.45) is 4.80. The smallest absolute Gasteiger partial charge is 0.265 e. The summed E-state index contributed by atoms with van der Waals surface area (Å²) in [6, 6.07) is 0.503. The number of hydrogen-bond donors (Lipinski definition) is 3. The highest BCUT2D eigenvalue weighted by molar-refractivity contribution is 7.18. The van der Waals surface area contributed by atoms with Crippen LogP contribution in [-0.2, 0) is 0 Å². The molecule has 1 aromatic heterocycles. The number of rotatable bonds is 5. The Morgan fingerprint density at radius 1 is 1.50 bits per heavy atom. The van der Waals surface area contributed by atoms with E-state index in [1.54, 1.807) is 0 Å². The van der Waals surface area contributed by atoms with Gasteiger partial charge in [0, 0.05) is 12.6 Å². The number of nitrogen functional groups attached to an aromatic ring is 1. The van der Waals surface area contributed by atoms with Crippen molar-refractivity contribution < 1.29 is 4.79 Å². The molecule has 2 saturated carbocycles. The molecule has 0 bridgehead atoms. The minimum absolute atomic E-state index is 0.0932. The lowest BCUT2D eigenvalue weighted by Gasteiger charge is -2.25. The second-order valence-electron chi connectivity index (χ2n) is 6.61. The minimum Gasteiger partial charge on any atom is -0.382 e. The van der Waals surface area contributed by atoms with Crippen LogP contribution in [0.1, 0.15) is 49.2 Å². The molecular weight excluding hydrogens is 272 g/mol. The van der Waals surface area contributed by atoms with Gasteiger partial charge >= 0.3 is 0 Å². The molecule has 0 aromatic carbocycles. The molecule has 3 rings (SSSR count). The van der Waals surface area contributed by atoms with Gasteiger partial charge in [-0.3, -0.25) is 4.79 Å². The van der Waals surface area contributed by atoms with E-state index in [1.165, 1.54) is 37.0 Å². The Morgan fingerprint density at radius 3 is 2.75 bits per heavy atom. The number of nitrogens with one attached hydrogen (secondary N) is 2. The Kier molecular flexibility index (Phi) is 3.36. The monoisotopic (exact) mass is 294 g/mol. The van der Waals surface area contributed by atoms with Crippen molar-refractivity contribution in [3.63, 3.8) is 0 Å². The van der Waals surface area contributed by atoms with Gasteiger partial charge in [-0.2, -0.15) is 0 Å². The number of nitrogens with zero attached hydrogens (tertiary/aromatic N) is 1. The van der Waals surface area contributed by atoms with Crippen molar-refractivity contribution in [2.45, 2.75) is 45.6 Å². The van der Waals surface area contributed by atoms with Crippen LogP contribution in [0.5, 0.6) is 0 Å². The first kappa shape index (κ1) is 13.7. The van der Waals surface area contributed by atoms with Crippen molar-refractivity contribution in [1.82, 2.24) is 10.3 Å². The molecule has 4 N–H and O–H groups in total. The zero-order chi connectivity index (χ0) is 14.3. The summed E-state index contributed by atoms with van der Waals surface area (Å²) in [6.45, 7) is 5.19. The maximum Gasteiger partial charge on any atom is 0.265 e. The lowest BCUT2D eigenvalue weighted by molar-refractivity contribution is 0.0955. The molecule has 110 valence electrons. The van der Waals surface area contributed by atoms with Gasteiger partial charge in [0.1, 0.15) is 10.7 Å². The van der Waals surface area contributed by atoms with E-state index in [0.717, 1.165) is 11.7 Å². The summed E-state index contributed by atoms with van der Waals surface area (Å²) < 4.78 is 0. The van der Waals surface area contributed by atoms with Crippen molar-refractivity contribution in [1.29, 1.82) is 0 Å². The molecule has 0 spiro atoms. The lowest BCUT2D eigenvalue weighted by atomic mass is 9.93. The largest absolute Gasteiger partial charge is 0.382 e. The number of thiazole rings is 1. The van der Waals surface area contributed by atoms with Crippen molar-refractivity contribution in [2.24, 2.45) is 11.3 Å². The van der Waals surface area contributed by atoms with E-state index < -0.39 is 0 Å². The van der Waals surface area contributed by atoms with E-state index in [4.69, 9.17) is 5.73 Å². The molecule has 0 saturated heterocycles. The van der Waals surface area contributed by atoms with E-state index in [9.17, 15) is 4.79 Å². The maximum atomic E-state index is 12.1. The summed E-state index contributed by atoms with van der Waals surface area (Å²) in [5.41, 5.74) is 6.23. The third-order valence-corrected chi connectivity index (χ3v) is 5.52. The molecule has 0 aliphatic heterocycles. The average Bonchev–Trinajstić information content (AvgIpc) is 2.76. The third-order valence-electron chi connectivity index (χ3n) is 4.52. The van der Waals surface area contributed by atoms with Gasteiger partial charge in [-0.15, -0.1) is 0 Å². The molecule has 6 heteroatoms. The minimum atomic E-state index is -0.0932. The van der Waals surface area contributed by atoms with Crippen LogP contribution in [-0.4, -0.2) is 23.5 Å². The molecule has 1 unspecified atom stereocenters. The van der Waals surface area contributed by atoms with Gasteiger partial charge < -0.3 is 16.4 Å². The van der Waals surface area contributed by atoms with Crippen LogP contribution < -0.4 is 16.4 Å². The molecule has 5 nitrogen and oxygen atoms in total. The number of carbonyl (C=O) groups excluding carboxylic acids is 1. The lowest BCUT2D eigenvalue weighted by Crippen LogP contribution is -2.27. The summed E-state index contributed by atoms with van der Waals surface area (Å²) in [5.74, 6) is 0.835. The Balaban J connectivity index is 1.56. The van der Waals surface area contributed by atoms with E-state index >= 15 is 0 Å². The quantitative estimate of drug-likeness (QED) is 0.779. The number of anilines is 2. The average molecular weight is 294 g/mol. The Labute approximate surface area is 123 Å². The zero-order valence-corrected chi connectivity index (χ0v) is 12.8. The van der Waals surface area contributed by atoms with Crippen LogP contribution in [0.25, 0.3) is 0 Å². The van der Waals surface area contributed by atoms with E-state index in [2.05, 4.69) is 29.5 Å². The number of hydrogen-bond acceptors (Lipinski definition) is 5. The second kappa shape index (κ2) is 4.91. The summed E-state index contributed by atoms with van der Waals surface area (Å²) in [7, 11) is 0. The molecule has 2 fully saturated rings.